The molecule has 0 saturated carbocycles. The van der Waals surface area contributed by atoms with Crippen LogP contribution in [0.3, 0.4) is 0 Å². The van der Waals surface area contributed by atoms with Gasteiger partial charge in [-0.1, -0.05) is 25.5 Å². The largest absolute Gasteiger partial charge is 0.294 e. The Kier molecular flexibility index (Phi) is 3.20. The summed E-state index contributed by atoms with van der Waals surface area (Å²) in [6.07, 6.45) is 6.41. The fourth-order valence-corrected chi connectivity index (χ4v) is 2.23. The third-order valence-corrected chi connectivity index (χ3v) is 3.18. The van der Waals surface area contributed by atoms with E-state index in [4.69, 9.17) is 0 Å². The van der Waals surface area contributed by atoms with E-state index in [1.807, 2.05) is 6.07 Å². The first-order valence-electron chi connectivity index (χ1n) is 5.96. The van der Waals surface area contributed by atoms with Crippen molar-refractivity contribution in [3.8, 4) is 0 Å². The van der Waals surface area contributed by atoms with Crippen molar-refractivity contribution in [3.63, 3.8) is 0 Å². The molecule has 0 bridgehead atoms. The van der Waals surface area contributed by atoms with E-state index in [1.54, 1.807) is 0 Å². The minimum Gasteiger partial charge on any atom is -0.294 e. The summed E-state index contributed by atoms with van der Waals surface area (Å²) in [6, 6.07) is 6.25. The maximum absolute atomic E-state index is 11.8. The molecule has 1 heteroatoms. The molecule has 1 aromatic carbocycles. The standard InChI is InChI=1S/C14H18O/c1-2-3-7-14(15)13-9-8-11-5-4-6-12(11)10-13/h8-10H,2-7H2,1H3. The van der Waals surface area contributed by atoms with E-state index in [9.17, 15) is 4.79 Å². The van der Waals surface area contributed by atoms with Crippen LogP contribution >= 0.6 is 0 Å². The molecule has 0 amide bonds. The molecule has 0 radical (unpaired) electrons. The highest BCUT2D eigenvalue weighted by Crippen LogP contribution is 2.23. The zero-order valence-electron chi connectivity index (χ0n) is 9.38. The van der Waals surface area contributed by atoms with Gasteiger partial charge in [0.05, 0.1) is 0 Å². The number of Topliss-reactive ketones (excluding diaryl/α,β-unsaturated/α-hetero) is 1. The summed E-state index contributed by atoms with van der Waals surface area (Å²) in [4.78, 5) is 11.8. The number of ketones is 1. The van der Waals surface area contributed by atoms with Crippen LogP contribution < -0.4 is 0 Å². The topological polar surface area (TPSA) is 17.1 Å². The zero-order chi connectivity index (χ0) is 10.7. The van der Waals surface area contributed by atoms with Crippen LogP contribution in [-0.2, 0) is 12.8 Å². The van der Waals surface area contributed by atoms with Crippen molar-refractivity contribution >= 4 is 5.78 Å². The molecule has 0 spiro atoms. The number of benzene rings is 1. The number of unbranched alkanes of at least 4 members (excludes halogenated alkanes) is 1. The van der Waals surface area contributed by atoms with Crippen molar-refractivity contribution in [1.82, 2.24) is 0 Å². The summed E-state index contributed by atoms with van der Waals surface area (Å²) in [5.74, 6) is 0.312. The molecule has 0 unspecified atom stereocenters. The molecule has 1 nitrogen and oxygen atoms in total. The van der Waals surface area contributed by atoms with Gasteiger partial charge >= 0.3 is 0 Å². The van der Waals surface area contributed by atoms with E-state index >= 15 is 0 Å². The fraction of sp³-hybridized carbons (Fsp3) is 0.500. The van der Waals surface area contributed by atoms with E-state index in [0.29, 0.717) is 12.2 Å². The average molecular weight is 202 g/mol. The van der Waals surface area contributed by atoms with Gasteiger partial charge in [-0.2, -0.15) is 0 Å². The van der Waals surface area contributed by atoms with E-state index in [0.717, 1.165) is 24.8 Å². The first-order chi connectivity index (χ1) is 7.31. The van der Waals surface area contributed by atoms with Crippen LogP contribution in [-0.4, -0.2) is 5.78 Å². The third kappa shape index (κ3) is 2.28. The van der Waals surface area contributed by atoms with Crippen molar-refractivity contribution in [3.05, 3.63) is 34.9 Å². The Bertz CT molecular complexity index is 366. The predicted octanol–water partition coefficient (Wildman–Crippen LogP) is 3.55. The molecule has 0 aromatic heterocycles. The van der Waals surface area contributed by atoms with E-state index in [-0.39, 0.29) is 0 Å². The Morgan fingerprint density at radius 1 is 1.27 bits per heavy atom. The van der Waals surface area contributed by atoms with Crippen molar-refractivity contribution in [2.45, 2.75) is 45.4 Å². The highest BCUT2D eigenvalue weighted by molar-refractivity contribution is 5.96. The van der Waals surface area contributed by atoms with Gasteiger partial charge in [-0.05, 0) is 42.9 Å². The van der Waals surface area contributed by atoms with Gasteiger partial charge in [0.2, 0.25) is 0 Å². The number of carbonyl (C=O) groups excluding carboxylic acids is 1. The smallest absolute Gasteiger partial charge is 0.162 e. The van der Waals surface area contributed by atoms with Gasteiger partial charge in [0.15, 0.2) is 5.78 Å². The summed E-state index contributed by atoms with van der Waals surface area (Å²) in [5, 5.41) is 0. The Hall–Kier alpha value is -1.11. The van der Waals surface area contributed by atoms with Gasteiger partial charge in [0.1, 0.15) is 0 Å². The highest BCUT2D eigenvalue weighted by atomic mass is 16.1. The lowest BCUT2D eigenvalue weighted by atomic mass is 10.0. The van der Waals surface area contributed by atoms with E-state index in [2.05, 4.69) is 19.1 Å². The third-order valence-electron chi connectivity index (χ3n) is 3.18. The Morgan fingerprint density at radius 2 is 2.07 bits per heavy atom. The van der Waals surface area contributed by atoms with Crippen LogP contribution in [0.5, 0.6) is 0 Å². The molecule has 2 rings (SSSR count). The predicted molar refractivity (Wildman–Crippen MR) is 62.3 cm³/mol. The van der Waals surface area contributed by atoms with Gasteiger partial charge in [-0.15, -0.1) is 0 Å². The SMILES string of the molecule is CCCCC(=O)c1ccc2c(c1)CCC2. The molecular formula is C14H18O. The van der Waals surface area contributed by atoms with Crippen molar-refractivity contribution in [2.75, 3.05) is 0 Å². The second-order valence-electron chi connectivity index (χ2n) is 4.36. The molecule has 1 aliphatic carbocycles. The molecule has 1 aromatic rings. The number of carbonyl (C=O) groups is 1. The summed E-state index contributed by atoms with van der Waals surface area (Å²) < 4.78 is 0. The number of fused-ring (bicyclic) bond motifs is 1. The average Bonchev–Trinajstić information content (AvgIpc) is 2.72. The van der Waals surface area contributed by atoms with E-state index < -0.39 is 0 Å². The molecule has 1 aliphatic rings. The van der Waals surface area contributed by atoms with Crippen LogP contribution in [0.25, 0.3) is 0 Å². The van der Waals surface area contributed by atoms with E-state index in [1.165, 1.54) is 24.0 Å². The molecule has 80 valence electrons. The maximum atomic E-state index is 11.8. The Balaban J connectivity index is 2.12. The van der Waals surface area contributed by atoms with Gasteiger partial charge in [0.25, 0.3) is 0 Å². The fourth-order valence-electron chi connectivity index (χ4n) is 2.23. The molecule has 0 aliphatic heterocycles. The first-order valence-corrected chi connectivity index (χ1v) is 5.96. The number of aryl methyl sites for hydroxylation is 2. The summed E-state index contributed by atoms with van der Waals surface area (Å²) in [7, 11) is 0. The zero-order valence-corrected chi connectivity index (χ0v) is 9.38. The molecule has 0 fully saturated rings. The van der Waals surface area contributed by atoms with Gasteiger partial charge in [0, 0.05) is 12.0 Å². The molecule has 0 heterocycles. The quantitative estimate of drug-likeness (QED) is 0.682. The lowest BCUT2D eigenvalue weighted by molar-refractivity contribution is 0.0979. The van der Waals surface area contributed by atoms with Gasteiger partial charge in [-0.3, -0.25) is 4.79 Å². The highest BCUT2D eigenvalue weighted by Gasteiger charge is 2.13. The number of hydrogen-bond acceptors (Lipinski definition) is 1. The van der Waals surface area contributed by atoms with Crippen LogP contribution in [0.15, 0.2) is 18.2 Å². The summed E-state index contributed by atoms with van der Waals surface area (Å²) in [5.41, 5.74) is 3.77. The molecule has 0 N–H and O–H groups in total. The minimum absolute atomic E-state index is 0.312. The number of rotatable bonds is 4. The molecule has 0 atom stereocenters. The second-order valence-corrected chi connectivity index (χ2v) is 4.36. The van der Waals surface area contributed by atoms with Crippen LogP contribution in [0.2, 0.25) is 0 Å². The van der Waals surface area contributed by atoms with Crippen molar-refractivity contribution in [1.29, 1.82) is 0 Å². The number of hydrogen-bond donors (Lipinski definition) is 0. The Morgan fingerprint density at radius 3 is 2.87 bits per heavy atom. The minimum atomic E-state index is 0.312. The second kappa shape index (κ2) is 4.61. The monoisotopic (exact) mass is 202 g/mol. The Labute approximate surface area is 91.5 Å². The van der Waals surface area contributed by atoms with Crippen molar-refractivity contribution in [2.24, 2.45) is 0 Å². The maximum Gasteiger partial charge on any atom is 0.162 e. The van der Waals surface area contributed by atoms with Crippen LogP contribution in [0.4, 0.5) is 0 Å². The van der Waals surface area contributed by atoms with Gasteiger partial charge < -0.3 is 0 Å². The molecule has 15 heavy (non-hydrogen) atoms. The summed E-state index contributed by atoms with van der Waals surface area (Å²) in [6.45, 7) is 2.12. The van der Waals surface area contributed by atoms with Crippen LogP contribution in [0.1, 0.15) is 54.1 Å². The molecule has 0 saturated heterocycles. The normalized spacial score (nSPS) is 13.9. The van der Waals surface area contributed by atoms with Crippen molar-refractivity contribution < 1.29 is 4.79 Å². The van der Waals surface area contributed by atoms with Crippen LogP contribution in [0, 0.1) is 0 Å². The lowest BCUT2D eigenvalue weighted by Crippen LogP contribution is -1.99. The lowest BCUT2D eigenvalue weighted by Gasteiger charge is -2.03. The summed E-state index contributed by atoms with van der Waals surface area (Å²) >= 11 is 0. The molecular weight excluding hydrogens is 184 g/mol. The first kappa shape index (κ1) is 10.4. The van der Waals surface area contributed by atoms with Gasteiger partial charge in [-0.25, -0.2) is 0 Å².